The van der Waals surface area contributed by atoms with Gasteiger partial charge in [-0.05, 0) is 42.4 Å². The molecule has 1 N–H and O–H groups in total. The van der Waals surface area contributed by atoms with Gasteiger partial charge in [0.15, 0.2) is 0 Å². The lowest BCUT2D eigenvalue weighted by Crippen LogP contribution is -2.16. The first-order chi connectivity index (χ1) is 7.63. The molecule has 2 rings (SSSR count). The Morgan fingerprint density at radius 3 is 2.94 bits per heavy atom. The van der Waals surface area contributed by atoms with E-state index in [4.69, 9.17) is 4.74 Å². The van der Waals surface area contributed by atoms with Gasteiger partial charge in [0.2, 0.25) is 0 Å². The predicted molar refractivity (Wildman–Crippen MR) is 60.6 cm³/mol. The third-order valence-corrected chi connectivity index (χ3v) is 3.24. The van der Waals surface area contributed by atoms with Gasteiger partial charge in [0.05, 0.1) is 7.11 Å². The van der Waals surface area contributed by atoms with Crippen molar-refractivity contribution in [1.29, 1.82) is 0 Å². The number of carbonyl (C=O) groups excluding carboxylic acids is 1. The lowest BCUT2D eigenvalue weighted by molar-refractivity contribution is 0.0595. The summed E-state index contributed by atoms with van der Waals surface area (Å²) < 4.78 is 4.72. The molecule has 0 amide bonds. The van der Waals surface area contributed by atoms with Gasteiger partial charge in [0.1, 0.15) is 11.3 Å². The highest BCUT2D eigenvalue weighted by atomic mass is 16.5. The molecule has 1 aromatic carbocycles. The molecule has 1 unspecified atom stereocenters. The Morgan fingerprint density at radius 2 is 2.25 bits per heavy atom. The van der Waals surface area contributed by atoms with Crippen molar-refractivity contribution < 1.29 is 14.6 Å². The number of esters is 1. The van der Waals surface area contributed by atoms with Crippen LogP contribution in [0.5, 0.6) is 5.75 Å². The van der Waals surface area contributed by atoms with Crippen molar-refractivity contribution in [2.75, 3.05) is 7.11 Å². The molecule has 1 aliphatic carbocycles. The normalized spacial score (nSPS) is 19.0. The number of ether oxygens (including phenoxy) is 1. The van der Waals surface area contributed by atoms with E-state index >= 15 is 0 Å². The topological polar surface area (TPSA) is 46.5 Å². The molecule has 1 aromatic rings. The van der Waals surface area contributed by atoms with Crippen LogP contribution in [0.2, 0.25) is 0 Å². The Labute approximate surface area is 95.0 Å². The van der Waals surface area contributed by atoms with Crippen LogP contribution >= 0.6 is 0 Å². The number of phenolic OH excluding ortho intramolecular Hbond substituents is 1. The predicted octanol–water partition coefficient (Wildman–Crippen LogP) is 2.30. The van der Waals surface area contributed by atoms with Gasteiger partial charge in [-0.15, -0.1) is 0 Å². The molecule has 0 spiro atoms. The van der Waals surface area contributed by atoms with Crippen LogP contribution in [0, 0.1) is 5.92 Å². The molecule has 0 fully saturated rings. The SMILES string of the molecule is COC(=O)c1c(O)ccc2c1CC(C)CC2. The highest BCUT2D eigenvalue weighted by Crippen LogP contribution is 2.32. The third kappa shape index (κ3) is 1.77. The number of phenols is 1. The van der Waals surface area contributed by atoms with Crippen molar-refractivity contribution in [2.45, 2.75) is 26.2 Å². The maximum Gasteiger partial charge on any atom is 0.341 e. The second kappa shape index (κ2) is 4.16. The average Bonchev–Trinajstić information content (AvgIpc) is 2.28. The number of aromatic hydroxyl groups is 1. The fourth-order valence-electron chi connectivity index (χ4n) is 2.33. The minimum absolute atomic E-state index is 0.0275. The number of hydrogen-bond acceptors (Lipinski definition) is 3. The molecule has 3 nitrogen and oxygen atoms in total. The van der Waals surface area contributed by atoms with E-state index in [0.717, 1.165) is 30.4 Å². The van der Waals surface area contributed by atoms with E-state index < -0.39 is 5.97 Å². The van der Waals surface area contributed by atoms with Crippen LogP contribution < -0.4 is 0 Å². The van der Waals surface area contributed by atoms with Crippen molar-refractivity contribution in [3.05, 3.63) is 28.8 Å². The van der Waals surface area contributed by atoms with E-state index in [1.54, 1.807) is 6.07 Å². The summed E-state index contributed by atoms with van der Waals surface area (Å²) in [5.74, 6) is 0.140. The fourth-order valence-corrected chi connectivity index (χ4v) is 2.33. The van der Waals surface area contributed by atoms with Gasteiger partial charge in [0.25, 0.3) is 0 Å². The van der Waals surface area contributed by atoms with Crippen molar-refractivity contribution in [3.63, 3.8) is 0 Å². The molecule has 0 saturated heterocycles. The Balaban J connectivity index is 2.53. The Kier molecular flexibility index (Phi) is 2.86. The van der Waals surface area contributed by atoms with Crippen LogP contribution in [0.4, 0.5) is 0 Å². The van der Waals surface area contributed by atoms with Gasteiger partial charge in [-0.1, -0.05) is 13.0 Å². The second-order valence-corrected chi connectivity index (χ2v) is 4.44. The van der Waals surface area contributed by atoms with E-state index in [9.17, 15) is 9.90 Å². The van der Waals surface area contributed by atoms with Crippen LogP contribution in [-0.2, 0) is 17.6 Å². The molecule has 16 heavy (non-hydrogen) atoms. The highest BCUT2D eigenvalue weighted by molar-refractivity contribution is 5.94. The minimum atomic E-state index is -0.441. The molecule has 0 bridgehead atoms. The van der Waals surface area contributed by atoms with Gasteiger partial charge in [-0.25, -0.2) is 4.79 Å². The summed E-state index contributed by atoms with van der Waals surface area (Å²) in [5, 5.41) is 9.75. The summed E-state index contributed by atoms with van der Waals surface area (Å²) in [6, 6.07) is 3.49. The van der Waals surface area contributed by atoms with Gasteiger partial charge in [0, 0.05) is 0 Å². The Morgan fingerprint density at radius 1 is 1.50 bits per heavy atom. The van der Waals surface area contributed by atoms with Gasteiger partial charge in [-0.2, -0.15) is 0 Å². The first-order valence-electron chi connectivity index (χ1n) is 5.55. The van der Waals surface area contributed by atoms with E-state index in [0.29, 0.717) is 11.5 Å². The smallest absolute Gasteiger partial charge is 0.341 e. The van der Waals surface area contributed by atoms with Crippen LogP contribution in [0.15, 0.2) is 12.1 Å². The zero-order valence-corrected chi connectivity index (χ0v) is 9.62. The van der Waals surface area contributed by atoms with Crippen molar-refractivity contribution in [3.8, 4) is 5.75 Å². The van der Waals surface area contributed by atoms with Crippen molar-refractivity contribution >= 4 is 5.97 Å². The highest BCUT2D eigenvalue weighted by Gasteiger charge is 2.24. The summed E-state index contributed by atoms with van der Waals surface area (Å²) >= 11 is 0. The van der Waals surface area contributed by atoms with Gasteiger partial charge < -0.3 is 9.84 Å². The largest absolute Gasteiger partial charge is 0.507 e. The van der Waals surface area contributed by atoms with E-state index in [2.05, 4.69) is 6.92 Å². The molecule has 3 heteroatoms. The third-order valence-electron chi connectivity index (χ3n) is 3.24. The Bertz CT molecular complexity index is 423. The first-order valence-corrected chi connectivity index (χ1v) is 5.55. The molecule has 0 heterocycles. The molecule has 0 aromatic heterocycles. The number of fused-ring (bicyclic) bond motifs is 1. The minimum Gasteiger partial charge on any atom is -0.507 e. The van der Waals surface area contributed by atoms with E-state index in [1.807, 2.05) is 6.07 Å². The first kappa shape index (κ1) is 11.0. The number of carbonyl (C=O) groups is 1. The summed E-state index contributed by atoms with van der Waals surface area (Å²) in [6.45, 7) is 2.16. The monoisotopic (exact) mass is 220 g/mol. The second-order valence-electron chi connectivity index (χ2n) is 4.44. The van der Waals surface area contributed by atoms with E-state index in [-0.39, 0.29) is 5.75 Å². The number of methoxy groups -OCH3 is 1. The molecule has 0 aliphatic heterocycles. The standard InChI is InChI=1S/C13H16O3/c1-8-3-4-9-5-6-11(14)12(10(9)7-8)13(15)16-2/h5-6,8,14H,3-4,7H2,1-2H3. The maximum atomic E-state index is 11.6. The summed E-state index contributed by atoms with van der Waals surface area (Å²) in [6.07, 6.45) is 2.95. The fraction of sp³-hybridized carbons (Fsp3) is 0.462. The van der Waals surface area contributed by atoms with Gasteiger partial charge in [-0.3, -0.25) is 0 Å². The number of hydrogen-bond donors (Lipinski definition) is 1. The van der Waals surface area contributed by atoms with Crippen LogP contribution in [0.1, 0.15) is 34.8 Å². The summed E-state index contributed by atoms with van der Waals surface area (Å²) in [4.78, 5) is 11.6. The maximum absolute atomic E-state index is 11.6. The molecule has 1 aliphatic rings. The lowest BCUT2D eigenvalue weighted by atomic mass is 9.82. The molecule has 0 saturated carbocycles. The molecular weight excluding hydrogens is 204 g/mol. The lowest BCUT2D eigenvalue weighted by Gasteiger charge is -2.23. The summed E-state index contributed by atoms with van der Waals surface area (Å²) in [5.41, 5.74) is 2.48. The number of benzene rings is 1. The van der Waals surface area contributed by atoms with Crippen molar-refractivity contribution in [1.82, 2.24) is 0 Å². The molecular formula is C13H16O3. The van der Waals surface area contributed by atoms with Gasteiger partial charge >= 0.3 is 5.97 Å². The van der Waals surface area contributed by atoms with Crippen LogP contribution in [0.3, 0.4) is 0 Å². The Hall–Kier alpha value is -1.51. The van der Waals surface area contributed by atoms with Crippen molar-refractivity contribution in [2.24, 2.45) is 5.92 Å². The van der Waals surface area contributed by atoms with Crippen LogP contribution in [0.25, 0.3) is 0 Å². The van der Waals surface area contributed by atoms with Crippen LogP contribution in [-0.4, -0.2) is 18.2 Å². The molecule has 1 atom stereocenters. The zero-order chi connectivity index (χ0) is 11.7. The average molecular weight is 220 g/mol. The number of rotatable bonds is 1. The molecule has 86 valence electrons. The van der Waals surface area contributed by atoms with E-state index in [1.165, 1.54) is 7.11 Å². The summed E-state index contributed by atoms with van der Waals surface area (Å²) in [7, 11) is 1.34. The zero-order valence-electron chi connectivity index (χ0n) is 9.62. The molecule has 0 radical (unpaired) electrons. The number of aryl methyl sites for hydroxylation is 1. The quantitative estimate of drug-likeness (QED) is 0.739.